The summed E-state index contributed by atoms with van der Waals surface area (Å²) in [7, 11) is 0. The molecule has 4 aromatic carbocycles. The Kier molecular flexibility index (Phi) is 9.86. The third kappa shape index (κ3) is 10.2. The molecule has 8 aromatic rings. The molecule has 1 aliphatic carbocycles. The van der Waals surface area contributed by atoms with Gasteiger partial charge in [0.1, 0.15) is 0 Å². The van der Waals surface area contributed by atoms with Gasteiger partial charge >= 0.3 is 0 Å². The number of nitrogens with zero attached hydrogens (tertiary/aromatic N) is 3. The second-order valence-corrected chi connectivity index (χ2v) is 19.8. The van der Waals surface area contributed by atoms with Crippen molar-refractivity contribution in [2.24, 2.45) is 5.41 Å². The normalized spacial score (nSPS) is 18.5. The maximum absolute atomic E-state index is 9.25. The summed E-state index contributed by atoms with van der Waals surface area (Å²) in [6.07, 6.45) is 5.65. The molecular formula is C61H67IrN3O-2. The minimum atomic E-state index is -2.72. The number of benzene rings is 4. The van der Waals surface area contributed by atoms with Crippen molar-refractivity contribution in [2.75, 3.05) is 0 Å². The first-order chi connectivity index (χ1) is 36.5. The van der Waals surface area contributed by atoms with E-state index in [4.69, 9.17) is 22.2 Å². The summed E-state index contributed by atoms with van der Waals surface area (Å²) in [5, 5.41) is 1.17. The third-order valence-corrected chi connectivity index (χ3v) is 12.8. The second-order valence-electron chi connectivity index (χ2n) is 19.8. The summed E-state index contributed by atoms with van der Waals surface area (Å²) in [5.74, 6) is -0.533. The first kappa shape index (κ1) is 33.3. The van der Waals surface area contributed by atoms with Gasteiger partial charge in [-0.15, -0.1) is 47.5 Å². The van der Waals surface area contributed by atoms with E-state index in [9.17, 15) is 1.37 Å². The minimum absolute atomic E-state index is 0. The van der Waals surface area contributed by atoms with Gasteiger partial charge in [-0.1, -0.05) is 140 Å². The van der Waals surface area contributed by atoms with Crippen LogP contribution in [0.5, 0.6) is 0 Å². The van der Waals surface area contributed by atoms with Crippen LogP contribution in [0.25, 0.3) is 66.8 Å². The molecule has 0 amide bonds. The number of hydrogen-bond acceptors (Lipinski definition) is 4. The molecular weight excluding hydrogens is 983 g/mol. The first-order valence-electron chi connectivity index (χ1n) is 29.6. The zero-order valence-electron chi connectivity index (χ0n) is 53.3. The zero-order chi connectivity index (χ0) is 58.2. The average molecular weight is 1060 g/mol. The second kappa shape index (κ2) is 19.6. The molecule has 0 aliphatic heterocycles. The average Bonchev–Trinajstić information content (AvgIpc) is 3.74. The molecule has 0 unspecified atom stereocenters. The van der Waals surface area contributed by atoms with Crippen LogP contribution in [-0.4, -0.2) is 15.0 Å². The number of aromatic nitrogens is 3. The molecule has 1 fully saturated rings. The van der Waals surface area contributed by atoms with Gasteiger partial charge in [0.15, 0.2) is 0 Å². The fourth-order valence-electron chi connectivity index (χ4n) is 8.76. The van der Waals surface area contributed by atoms with Gasteiger partial charge in [0.2, 0.25) is 5.71 Å². The third-order valence-electron chi connectivity index (χ3n) is 12.8. The van der Waals surface area contributed by atoms with Crippen LogP contribution in [0.1, 0.15) is 170 Å². The zero-order valence-corrected chi connectivity index (χ0v) is 41.7. The van der Waals surface area contributed by atoms with Crippen molar-refractivity contribution in [1.82, 2.24) is 15.0 Å². The fourth-order valence-corrected chi connectivity index (χ4v) is 8.76. The number of fused-ring (bicyclic) bond motifs is 3. The van der Waals surface area contributed by atoms with Gasteiger partial charge < -0.3 is 14.4 Å². The van der Waals surface area contributed by atoms with E-state index in [-0.39, 0.29) is 93.8 Å². The fraction of sp³-hybridized carbons (Fsp3) is 0.361. The maximum atomic E-state index is 9.25. The molecule has 4 nitrogen and oxygen atoms in total. The maximum Gasteiger partial charge on any atom is 0.216 e. The van der Waals surface area contributed by atoms with Crippen molar-refractivity contribution in [2.45, 2.75) is 139 Å². The Morgan fingerprint density at radius 2 is 1.48 bits per heavy atom. The van der Waals surface area contributed by atoms with Gasteiger partial charge in [-0.25, -0.2) is 4.98 Å². The molecule has 0 bridgehead atoms. The van der Waals surface area contributed by atoms with E-state index in [0.29, 0.717) is 40.3 Å². The molecule has 4 heterocycles. The van der Waals surface area contributed by atoms with Crippen LogP contribution in [-0.2, 0) is 25.5 Å². The summed E-state index contributed by atoms with van der Waals surface area (Å²) >= 11 is 0. The molecule has 0 atom stereocenters. The summed E-state index contributed by atoms with van der Waals surface area (Å²) < 4.78 is 122. The van der Waals surface area contributed by atoms with Crippen LogP contribution in [0.15, 0.2) is 108 Å². The van der Waals surface area contributed by atoms with Crippen molar-refractivity contribution in [3.63, 3.8) is 0 Å². The van der Waals surface area contributed by atoms with Crippen LogP contribution >= 0.6 is 0 Å². The smallest absolute Gasteiger partial charge is 0.216 e. The van der Waals surface area contributed by atoms with E-state index < -0.39 is 33.3 Å². The van der Waals surface area contributed by atoms with Gasteiger partial charge in [-0.05, 0) is 148 Å². The van der Waals surface area contributed by atoms with Crippen LogP contribution in [0.3, 0.4) is 0 Å². The number of furan rings is 1. The summed E-state index contributed by atoms with van der Waals surface area (Å²) in [4.78, 5) is 13.3. The predicted octanol–water partition coefficient (Wildman–Crippen LogP) is 17.2. The number of hydrogen-bond donors (Lipinski definition) is 0. The predicted molar refractivity (Wildman–Crippen MR) is 274 cm³/mol. The summed E-state index contributed by atoms with van der Waals surface area (Å²) in [6, 6.07) is 30.8. The molecule has 1 saturated carbocycles. The number of rotatable bonds is 7. The van der Waals surface area contributed by atoms with E-state index >= 15 is 0 Å². The largest absolute Gasteiger partial charge is 0.486 e. The topological polar surface area (TPSA) is 51.8 Å². The molecule has 0 saturated heterocycles. The molecule has 4 aromatic heterocycles. The Hall–Kier alpha value is -5.22. The standard InChI is InChI=1S/C33H33N2O.C28H34N.Ir/c1-20-17-24(23-13-15-33(4,5)16-14-23)10-12-25(20)29-18-30(34-19-21(29)2)28-8-6-7-26-27-11-9-22(3)35-32(27)36-31(26)28;1-18(2)23-10-9-11-24(19(3)4)27(23)25-16-21(13-12-20(25)5)26-15-14-22(17-29-26)28(6,7)8;/h6-7,9-12,17-19,23H,13-16H2,1-5H3;9-12,14-19H,1-8H3;/q2*-1;/i1D3,2D3,3D3,12D,23D;5D3;. The van der Waals surface area contributed by atoms with Crippen LogP contribution in [0.4, 0.5) is 0 Å². The first-order valence-corrected chi connectivity index (χ1v) is 22.6. The molecule has 1 aliphatic rings. The van der Waals surface area contributed by atoms with E-state index in [0.717, 1.165) is 58.1 Å². The quantitative estimate of drug-likeness (QED) is 0.149. The van der Waals surface area contributed by atoms with Gasteiger partial charge in [0.05, 0.1) is 6.95 Å². The molecule has 9 rings (SSSR count). The summed E-state index contributed by atoms with van der Waals surface area (Å²) in [6.45, 7) is 9.29. The van der Waals surface area contributed by atoms with E-state index in [1.165, 1.54) is 24.3 Å². The van der Waals surface area contributed by atoms with Crippen LogP contribution < -0.4 is 0 Å². The molecule has 343 valence electrons. The molecule has 0 spiro atoms. The van der Waals surface area contributed by atoms with Gasteiger partial charge in [-0.2, -0.15) is 0 Å². The van der Waals surface area contributed by atoms with E-state index in [1.54, 1.807) is 24.3 Å². The molecule has 66 heavy (non-hydrogen) atoms. The monoisotopic (exact) mass is 1060 g/mol. The number of pyridine rings is 3. The van der Waals surface area contributed by atoms with Crippen molar-refractivity contribution >= 4 is 22.1 Å². The minimum Gasteiger partial charge on any atom is -0.486 e. The molecule has 5 heteroatoms. The van der Waals surface area contributed by atoms with Gasteiger partial charge in [-0.3, -0.25) is 0 Å². The Bertz CT molecular complexity index is 3530. The van der Waals surface area contributed by atoms with Crippen molar-refractivity contribution in [3.05, 3.63) is 160 Å². The molecule has 1 radical (unpaired) electrons. The van der Waals surface area contributed by atoms with Crippen molar-refractivity contribution < 1.29 is 43.7 Å². The summed E-state index contributed by atoms with van der Waals surface area (Å²) in [5.41, 5.74) is 8.02. The Morgan fingerprint density at radius 1 is 0.758 bits per heavy atom. The SMILES string of the molecule is [2H]C([2H])([2H])c1c[c-]c(-c2ccc(C(C)(C)C)cn2)cc1-c1c(C(C)C)cccc1C(C)C.[2H]c1cc(C2([2H])CCC(C)(C)CC2)cc(C([2H])([2H])[2H])c1-c1cc(-c2[c-]ccc3c2oc2nc(C([2H])([2H])[2H])ccc23)ncc1C([2H])([2H])[2H].[Ir]. The van der Waals surface area contributed by atoms with Crippen molar-refractivity contribution in [3.8, 4) is 44.8 Å². The van der Waals surface area contributed by atoms with Crippen molar-refractivity contribution in [1.29, 1.82) is 0 Å². The van der Waals surface area contributed by atoms with Crippen LogP contribution in [0, 0.1) is 45.0 Å². The van der Waals surface area contributed by atoms with Gasteiger partial charge in [0.25, 0.3) is 0 Å². The Balaban J connectivity index is 0.000000246. The number of aryl methyl sites for hydroxylation is 4. The van der Waals surface area contributed by atoms with Gasteiger partial charge in [0, 0.05) is 61.4 Å². The van der Waals surface area contributed by atoms with E-state index in [1.807, 2.05) is 18.3 Å². The van der Waals surface area contributed by atoms with Crippen LogP contribution in [0.2, 0.25) is 0 Å². The Labute approximate surface area is 428 Å². The van der Waals surface area contributed by atoms with E-state index in [2.05, 4.69) is 114 Å². The molecule has 0 N–H and O–H groups in total. The Morgan fingerprint density at radius 3 is 2.14 bits per heavy atom.